The molecule has 0 saturated carbocycles. The number of aromatic amines is 1. The van der Waals surface area contributed by atoms with Crippen molar-refractivity contribution < 1.29 is 18.5 Å². The molecular formula is C24H28N2O4S. The van der Waals surface area contributed by atoms with Crippen molar-refractivity contribution in [2.24, 2.45) is 0 Å². The van der Waals surface area contributed by atoms with Crippen molar-refractivity contribution in [3.8, 4) is 5.75 Å². The average Bonchev–Trinajstić information content (AvgIpc) is 3.09. The molecule has 1 aliphatic rings. The standard InChI is InChI=1S/C24H28N2O4S/c1-24(2,3)30-23(27)26-13-12-18-19-14-17(31(5)28)10-11-20(19)25-21(18)22(26)15-6-8-16(29-4)9-7-15/h6-11,14,22,25H,12-13H2,1-5H3. The molecule has 4 rings (SSSR count). The number of fused-ring (bicyclic) bond motifs is 3. The van der Waals surface area contributed by atoms with Crippen molar-refractivity contribution in [3.05, 3.63) is 59.3 Å². The number of benzene rings is 2. The van der Waals surface area contributed by atoms with Crippen molar-refractivity contribution >= 4 is 27.8 Å². The Morgan fingerprint density at radius 3 is 2.48 bits per heavy atom. The molecule has 0 fully saturated rings. The number of nitrogens with zero attached hydrogens (tertiary/aromatic N) is 1. The third-order valence-corrected chi connectivity index (χ3v) is 6.41. The molecule has 164 valence electrons. The van der Waals surface area contributed by atoms with Crippen LogP contribution in [-0.2, 0) is 22.0 Å². The van der Waals surface area contributed by atoms with Gasteiger partial charge in [0.1, 0.15) is 17.4 Å². The van der Waals surface area contributed by atoms with E-state index in [2.05, 4.69) is 4.98 Å². The van der Waals surface area contributed by atoms with Gasteiger partial charge in [-0.15, -0.1) is 0 Å². The van der Waals surface area contributed by atoms with Crippen molar-refractivity contribution in [2.45, 2.75) is 43.7 Å². The summed E-state index contributed by atoms with van der Waals surface area (Å²) in [6, 6.07) is 13.3. The number of carbonyl (C=O) groups is 1. The number of methoxy groups -OCH3 is 1. The minimum Gasteiger partial charge on any atom is -0.497 e. The van der Waals surface area contributed by atoms with Crippen molar-refractivity contribution in [3.63, 3.8) is 0 Å². The Labute approximate surface area is 185 Å². The Bertz CT molecular complexity index is 1140. The smallest absolute Gasteiger partial charge is 0.411 e. The number of hydrogen-bond acceptors (Lipinski definition) is 4. The molecule has 0 radical (unpaired) electrons. The second kappa shape index (κ2) is 8.04. The second-order valence-corrected chi connectivity index (χ2v) is 10.2. The van der Waals surface area contributed by atoms with E-state index < -0.39 is 16.4 Å². The fraction of sp³-hybridized carbons (Fsp3) is 0.375. The minimum absolute atomic E-state index is 0.313. The lowest BCUT2D eigenvalue weighted by molar-refractivity contribution is 0.0175. The highest BCUT2D eigenvalue weighted by Gasteiger charge is 2.36. The van der Waals surface area contributed by atoms with E-state index in [0.29, 0.717) is 13.0 Å². The molecule has 1 aromatic heterocycles. The summed E-state index contributed by atoms with van der Waals surface area (Å²) in [7, 11) is 0.576. The van der Waals surface area contributed by atoms with Crippen molar-refractivity contribution in [2.75, 3.05) is 19.9 Å². The molecule has 1 amide bonds. The molecule has 0 saturated heterocycles. The number of hydrogen-bond donors (Lipinski definition) is 1. The van der Waals surface area contributed by atoms with Gasteiger partial charge in [0.25, 0.3) is 0 Å². The van der Waals surface area contributed by atoms with Gasteiger partial charge < -0.3 is 14.5 Å². The Balaban J connectivity index is 1.84. The third-order valence-electron chi connectivity index (χ3n) is 5.49. The van der Waals surface area contributed by atoms with Gasteiger partial charge in [0.15, 0.2) is 0 Å². The topological polar surface area (TPSA) is 71.6 Å². The maximum Gasteiger partial charge on any atom is 0.411 e. The quantitative estimate of drug-likeness (QED) is 0.635. The lowest BCUT2D eigenvalue weighted by Crippen LogP contribution is -2.43. The van der Waals surface area contributed by atoms with Crippen LogP contribution in [0.15, 0.2) is 47.4 Å². The van der Waals surface area contributed by atoms with E-state index in [9.17, 15) is 9.00 Å². The van der Waals surface area contributed by atoms with Crippen LogP contribution < -0.4 is 4.74 Å². The molecule has 2 atom stereocenters. The number of aromatic nitrogens is 1. The van der Waals surface area contributed by atoms with Crippen molar-refractivity contribution in [1.82, 2.24) is 9.88 Å². The zero-order valence-electron chi connectivity index (χ0n) is 18.5. The van der Waals surface area contributed by atoms with Crippen LogP contribution in [0, 0.1) is 0 Å². The van der Waals surface area contributed by atoms with E-state index in [4.69, 9.17) is 9.47 Å². The molecule has 2 unspecified atom stereocenters. The highest BCUT2D eigenvalue weighted by Crippen LogP contribution is 2.40. The van der Waals surface area contributed by atoms with Gasteiger partial charge in [0.05, 0.1) is 7.11 Å². The highest BCUT2D eigenvalue weighted by atomic mass is 32.2. The van der Waals surface area contributed by atoms with E-state index in [0.717, 1.165) is 38.4 Å². The maximum absolute atomic E-state index is 13.1. The summed E-state index contributed by atoms with van der Waals surface area (Å²) in [5.74, 6) is 0.760. The zero-order chi connectivity index (χ0) is 22.3. The summed E-state index contributed by atoms with van der Waals surface area (Å²) in [5, 5.41) is 1.06. The van der Waals surface area contributed by atoms with Crippen LogP contribution in [0.2, 0.25) is 0 Å². The first-order valence-electron chi connectivity index (χ1n) is 10.3. The molecule has 0 aliphatic carbocycles. The summed E-state index contributed by atoms with van der Waals surface area (Å²) in [5.41, 5.74) is 3.49. The van der Waals surface area contributed by atoms with Crippen molar-refractivity contribution in [1.29, 1.82) is 0 Å². The lowest BCUT2D eigenvalue weighted by atomic mass is 9.92. The molecule has 1 N–H and O–H groups in total. The molecule has 2 aromatic carbocycles. The van der Waals surface area contributed by atoms with Gasteiger partial charge in [-0.25, -0.2) is 4.79 Å². The van der Waals surface area contributed by atoms with E-state index in [1.54, 1.807) is 18.3 Å². The molecule has 6 nitrogen and oxygen atoms in total. The molecule has 31 heavy (non-hydrogen) atoms. The van der Waals surface area contributed by atoms with E-state index >= 15 is 0 Å². The van der Waals surface area contributed by atoms with Gasteiger partial charge in [-0.1, -0.05) is 12.1 Å². The number of nitrogens with one attached hydrogen (secondary N) is 1. The normalized spacial score (nSPS) is 17.3. The largest absolute Gasteiger partial charge is 0.497 e. The monoisotopic (exact) mass is 440 g/mol. The van der Waals surface area contributed by atoms with Crippen LogP contribution in [-0.4, -0.2) is 45.7 Å². The van der Waals surface area contributed by atoms with Crippen LogP contribution in [0.1, 0.15) is 43.6 Å². The summed E-state index contributed by atoms with van der Waals surface area (Å²) >= 11 is 0. The molecule has 2 heterocycles. The van der Waals surface area contributed by atoms with Gasteiger partial charge in [0.2, 0.25) is 0 Å². The van der Waals surface area contributed by atoms with E-state index in [1.165, 1.54) is 0 Å². The fourth-order valence-electron chi connectivity index (χ4n) is 4.10. The van der Waals surface area contributed by atoms with Crippen LogP contribution >= 0.6 is 0 Å². The van der Waals surface area contributed by atoms with Gasteiger partial charge in [0, 0.05) is 45.1 Å². The molecule has 0 spiro atoms. The molecule has 0 bridgehead atoms. The summed E-state index contributed by atoms with van der Waals surface area (Å²) < 4.78 is 23.0. The first kappa shape index (κ1) is 21.4. The lowest BCUT2D eigenvalue weighted by Gasteiger charge is -2.37. The summed E-state index contributed by atoms with van der Waals surface area (Å²) in [6.07, 6.45) is 2.04. The number of carbonyl (C=O) groups excluding carboxylic acids is 1. The first-order valence-corrected chi connectivity index (χ1v) is 11.9. The van der Waals surface area contributed by atoms with Crippen LogP contribution in [0.4, 0.5) is 4.79 Å². The maximum atomic E-state index is 13.1. The Morgan fingerprint density at radius 1 is 1.16 bits per heavy atom. The Hall–Kier alpha value is -2.80. The zero-order valence-corrected chi connectivity index (χ0v) is 19.3. The summed E-state index contributed by atoms with van der Waals surface area (Å²) in [6.45, 7) is 6.15. The van der Waals surface area contributed by atoms with Crippen LogP contribution in [0.25, 0.3) is 10.9 Å². The van der Waals surface area contributed by atoms with Gasteiger partial charge in [-0.05, 0) is 68.7 Å². The first-order chi connectivity index (χ1) is 14.7. The SMILES string of the molecule is COc1ccc(C2c3[nH]c4ccc(S(C)=O)cc4c3CCN2C(=O)OC(C)(C)C)cc1. The fourth-order valence-corrected chi connectivity index (χ4v) is 4.64. The number of H-pyrrole nitrogens is 1. The second-order valence-electron chi connectivity index (χ2n) is 8.78. The van der Waals surface area contributed by atoms with Crippen LogP contribution in [0.3, 0.4) is 0 Å². The van der Waals surface area contributed by atoms with Gasteiger partial charge in [-0.2, -0.15) is 0 Å². The van der Waals surface area contributed by atoms with Gasteiger partial charge >= 0.3 is 6.09 Å². The predicted octanol–water partition coefficient (Wildman–Crippen LogP) is 4.80. The molecule has 3 aromatic rings. The van der Waals surface area contributed by atoms with Gasteiger partial charge in [-0.3, -0.25) is 9.11 Å². The highest BCUT2D eigenvalue weighted by molar-refractivity contribution is 7.84. The Kier molecular flexibility index (Phi) is 5.56. The molecule has 1 aliphatic heterocycles. The van der Waals surface area contributed by atoms with E-state index in [-0.39, 0.29) is 12.1 Å². The number of ether oxygens (including phenoxy) is 2. The number of amides is 1. The Morgan fingerprint density at radius 2 is 1.87 bits per heavy atom. The molecule has 7 heteroatoms. The number of rotatable bonds is 3. The van der Waals surface area contributed by atoms with E-state index in [1.807, 2.05) is 63.2 Å². The summed E-state index contributed by atoms with van der Waals surface area (Å²) in [4.78, 5) is 19.2. The van der Waals surface area contributed by atoms with Crippen LogP contribution in [0.5, 0.6) is 5.75 Å². The third kappa shape index (κ3) is 4.19. The predicted molar refractivity (Wildman–Crippen MR) is 122 cm³/mol. The average molecular weight is 441 g/mol. The molecular weight excluding hydrogens is 412 g/mol. The minimum atomic E-state index is -1.06.